The molecule has 9 heavy (non-hydrogen) atoms. The minimum Gasteiger partial charge on any atom is -0.234 e. The molecule has 0 unspecified atom stereocenters. The molecule has 0 amide bonds. The molecule has 5 heteroatoms. The highest BCUT2D eigenvalue weighted by Crippen LogP contribution is 1.77. The fourth-order valence-corrected chi connectivity index (χ4v) is 0.480. The maximum Gasteiger partial charge on any atom is 0.173 e. The maximum atomic E-state index is 9.78. The first-order valence-electron chi connectivity index (χ1n) is 2.86. The van der Waals surface area contributed by atoms with Gasteiger partial charge in [0.2, 0.25) is 0 Å². The summed E-state index contributed by atoms with van der Waals surface area (Å²) in [6.45, 7) is 4.97. The molecule has 0 fully saturated rings. The third-order valence-corrected chi connectivity index (χ3v) is 0.987. The summed E-state index contributed by atoms with van der Waals surface area (Å²) in [5.74, 6) is 0. The Morgan fingerprint density at radius 2 is 2.00 bits per heavy atom. The van der Waals surface area contributed by atoms with Gasteiger partial charge in [0.25, 0.3) is 0 Å². The first-order chi connectivity index (χ1) is 4.20. The van der Waals surface area contributed by atoms with Gasteiger partial charge in [0.05, 0.1) is 0 Å². The first kappa shape index (κ1) is 8.16. The Hall–Kier alpha value is -0.840. The molecule has 5 nitrogen and oxygen atoms in total. The molecule has 0 rings (SSSR count). The Morgan fingerprint density at radius 1 is 1.56 bits per heavy atom. The Labute approximate surface area is 53.7 Å². The van der Waals surface area contributed by atoms with Gasteiger partial charge in [0.1, 0.15) is 0 Å². The Balaban J connectivity index is 3.43. The topological polar surface area (TPSA) is 58.4 Å². The molecule has 0 aliphatic heterocycles. The lowest BCUT2D eigenvalue weighted by atomic mass is 10.6. The quantitative estimate of drug-likeness (QED) is 0.434. The van der Waals surface area contributed by atoms with E-state index >= 15 is 0 Å². The van der Waals surface area contributed by atoms with E-state index in [4.69, 9.17) is 0 Å². The fourth-order valence-electron chi connectivity index (χ4n) is 0.480. The van der Waals surface area contributed by atoms with Crippen LogP contribution in [-0.2, 0) is 0 Å². The molecule has 0 atom stereocenters. The highest BCUT2D eigenvalue weighted by molar-refractivity contribution is 4.34. The number of hydrogen-bond acceptors (Lipinski definition) is 3. The molecular weight excluding hydrogens is 122 g/mol. The van der Waals surface area contributed by atoms with Crippen LogP contribution in [0.4, 0.5) is 0 Å². The number of nitrogens with one attached hydrogen (secondary N) is 1. The first-order valence-corrected chi connectivity index (χ1v) is 2.86. The zero-order valence-corrected chi connectivity index (χ0v) is 5.63. The molecule has 0 aliphatic rings. The van der Waals surface area contributed by atoms with E-state index in [1.165, 1.54) is 5.01 Å². The molecule has 0 heterocycles. The molecule has 0 bridgehead atoms. The Kier molecular flexibility index (Phi) is 3.70. The summed E-state index contributed by atoms with van der Waals surface area (Å²) in [6, 6.07) is 0. The maximum absolute atomic E-state index is 9.78. The van der Waals surface area contributed by atoms with Crippen LogP contribution in [-0.4, -0.2) is 23.1 Å². The number of hydrogen-bond donors (Lipinski definition) is 1. The average Bonchev–Trinajstić information content (AvgIpc) is 1.82. The van der Waals surface area contributed by atoms with Crippen molar-refractivity contribution >= 4 is 0 Å². The van der Waals surface area contributed by atoms with Crippen molar-refractivity contribution in [1.29, 1.82) is 0 Å². The SMILES string of the molecule is CCN(CC)N[N+](=O)[O-]. The van der Waals surface area contributed by atoms with Crippen LogP contribution in [0.2, 0.25) is 0 Å². The van der Waals surface area contributed by atoms with Crippen molar-refractivity contribution in [2.75, 3.05) is 13.1 Å². The third kappa shape index (κ3) is 3.72. The van der Waals surface area contributed by atoms with Gasteiger partial charge >= 0.3 is 0 Å². The standard InChI is InChI=1S/C4H11N3O2/c1-3-6(4-2)5-7(8)9/h5H,3-4H2,1-2H3. The van der Waals surface area contributed by atoms with E-state index in [9.17, 15) is 10.1 Å². The predicted octanol–water partition coefficient (Wildman–Crippen LogP) is 0.0245. The predicted molar refractivity (Wildman–Crippen MR) is 33.1 cm³/mol. The molecular formula is C4H11N3O2. The van der Waals surface area contributed by atoms with Gasteiger partial charge in [-0.25, -0.2) is 10.1 Å². The van der Waals surface area contributed by atoms with E-state index in [0.717, 1.165) is 0 Å². The third-order valence-electron chi connectivity index (χ3n) is 0.987. The van der Waals surface area contributed by atoms with Gasteiger partial charge in [0, 0.05) is 13.1 Å². The van der Waals surface area contributed by atoms with Crippen LogP contribution in [0.3, 0.4) is 0 Å². The highest BCUT2D eigenvalue weighted by Gasteiger charge is 2.01. The van der Waals surface area contributed by atoms with Gasteiger partial charge in [-0.3, -0.25) is 0 Å². The second-order valence-corrected chi connectivity index (χ2v) is 1.53. The second kappa shape index (κ2) is 4.08. The van der Waals surface area contributed by atoms with Crippen LogP contribution in [0.15, 0.2) is 0 Å². The smallest absolute Gasteiger partial charge is 0.173 e. The zero-order chi connectivity index (χ0) is 7.28. The molecule has 54 valence electrons. The second-order valence-electron chi connectivity index (χ2n) is 1.53. The number of hydrazine groups is 2. The zero-order valence-electron chi connectivity index (χ0n) is 5.63. The highest BCUT2D eigenvalue weighted by atomic mass is 16.7. The lowest BCUT2D eigenvalue weighted by Crippen LogP contribution is -2.41. The van der Waals surface area contributed by atoms with Crippen molar-refractivity contribution in [3.05, 3.63) is 10.1 Å². The van der Waals surface area contributed by atoms with E-state index in [1.807, 2.05) is 19.4 Å². The summed E-state index contributed by atoms with van der Waals surface area (Å²) in [5.41, 5.74) is 2.03. The van der Waals surface area contributed by atoms with Crippen LogP contribution in [0.25, 0.3) is 0 Å². The van der Waals surface area contributed by atoms with E-state index in [-0.39, 0.29) is 0 Å². The molecule has 1 N–H and O–H groups in total. The van der Waals surface area contributed by atoms with E-state index in [1.54, 1.807) is 0 Å². The van der Waals surface area contributed by atoms with Crippen molar-refractivity contribution in [3.8, 4) is 0 Å². The molecule has 0 radical (unpaired) electrons. The number of nitrogens with zero attached hydrogens (tertiary/aromatic N) is 2. The van der Waals surface area contributed by atoms with Gasteiger partial charge in [-0.05, 0) is 0 Å². The summed E-state index contributed by atoms with van der Waals surface area (Å²) < 4.78 is 0. The largest absolute Gasteiger partial charge is 0.234 e. The van der Waals surface area contributed by atoms with Gasteiger partial charge < -0.3 is 0 Å². The van der Waals surface area contributed by atoms with Crippen molar-refractivity contribution < 1.29 is 5.03 Å². The van der Waals surface area contributed by atoms with E-state index < -0.39 is 5.03 Å². The van der Waals surface area contributed by atoms with Crippen molar-refractivity contribution in [2.45, 2.75) is 13.8 Å². The average molecular weight is 133 g/mol. The Bertz CT molecular complexity index is 91.8. The minimum atomic E-state index is -0.562. The van der Waals surface area contributed by atoms with Crippen LogP contribution in [0.1, 0.15) is 13.8 Å². The molecule has 0 aromatic rings. The normalized spacial score (nSPS) is 9.67. The van der Waals surface area contributed by atoms with Crippen LogP contribution >= 0.6 is 0 Å². The Morgan fingerprint density at radius 3 is 2.11 bits per heavy atom. The van der Waals surface area contributed by atoms with Crippen molar-refractivity contribution in [3.63, 3.8) is 0 Å². The molecule has 0 aromatic heterocycles. The van der Waals surface area contributed by atoms with Crippen molar-refractivity contribution in [1.82, 2.24) is 10.5 Å². The lowest BCUT2D eigenvalue weighted by Gasteiger charge is -2.11. The van der Waals surface area contributed by atoms with Gasteiger partial charge in [0.15, 0.2) is 5.03 Å². The van der Waals surface area contributed by atoms with Crippen molar-refractivity contribution in [2.24, 2.45) is 0 Å². The molecule has 0 saturated carbocycles. The van der Waals surface area contributed by atoms with E-state index in [0.29, 0.717) is 13.1 Å². The summed E-state index contributed by atoms with van der Waals surface area (Å²) >= 11 is 0. The summed E-state index contributed by atoms with van der Waals surface area (Å²) in [5, 5.41) is 10.7. The summed E-state index contributed by atoms with van der Waals surface area (Å²) in [7, 11) is 0. The van der Waals surface area contributed by atoms with E-state index in [2.05, 4.69) is 0 Å². The number of nitro groups is 1. The summed E-state index contributed by atoms with van der Waals surface area (Å²) in [4.78, 5) is 9.78. The van der Waals surface area contributed by atoms with Crippen LogP contribution in [0, 0.1) is 10.1 Å². The van der Waals surface area contributed by atoms with Gasteiger partial charge in [-0.2, -0.15) is 5.01 Å². The number of rotatable bonds is 4. The monoisotopic (exact) mass is 133 g/mol. The minimum absolute atomic E-state index is 0.562. The summed E-state index contributed by atoms with van der Waals surface area (Å²) in [6.07, 6.45) is 0. The molecule has 0 saturated heterocycles. The lowest BCUT2D eigenvalue weighted by molar-refractivity contribution is -0.578. The van der Waals surface area contributed by atoms with Crippen LogP contribution < -0.4 is 5.53 Å². The molecule has 0 spiro atoms. The van der Waals surface area contributed by atoms with Crippen LogP contribution in [0.5, 0.6) is 0 Å². The molecule has 0 aromatic carbocycles. The van der Waals surface area contributed by atoms with Gasteiger partial charge in [-0.1, -0.05) is 19.4 Å². The fraction of sp³-hybridized carbons (Fsp3) is 1.00. The van der Waals surface area contributed by atoms with Gasteiger partial charge in [-0.15, -0.1) is 0 Å². The molecule has 0 aliphatic carbocycles.